The average molecular weight is 299 g/mol. The Morgan fingerprint density at radius 2 is 1.95 bits per heavy atom. The standard InChI is InChI=1S/C16H21N5O/c1-11-4-3-5-13(12(11)2)20-15-14(17)16(19-10-18-15)21-6-8-22-9-7-21/h3-5,10H,6-9,17H2,1-2H3,(H,18,19,20). The average Bonchev–Trinajstić information content (AvgIpc) is 2.54. The number of nitrogens with zero attached hydrogens (tertiary/aromatic N) is 3. The van der Waals surface area contributed by atoms with E-state index in [2.05, 4.69) is 40.1 Å². The van der Waals surface area contributed by atoms with E-state index < -0.39 is 0 Å². The Hall–Kier alpha value is -2.34. The van der Waals surface area contributed by atoms with E-state index >= 15 is 0 Å². The molecule has 1 aliphatic rings. The van der Waals surface area contributed by atoms with Crippen LogP contribution in [0.3, 0.4) is 0 Å². The summed E-state index contributed by atoms with van der Waals surface area (Å²) in [4.78, 5) is 10.8. The van der Waals surface area contributed by atoms with E-state index in [1.165, 1.54) is 11.1 Å². The molecule has 6 nitrogen and oxygen atoms in total. The van der Waals surface area contributed by atoms with Crippen LogP contribution in [0.25, 0.3) is 0 Å². The Labute approximate surface area is 130 Å². The first-order chi connectivity index (χ1) is 10.7. The van der Waals surface area contributed by atoms with Crippen LogP contribution in [0, 0.1) is 13.8 Å². The molecule has 3 rings (SSSR count). The minimum atomic E-state index is 0.574. The van der Waals surface area contributed by atoms with E-state index in [1.54, 1.807) is 6.33 Å². The Morgan fingerprint density at radius 1 is 1.18 bits per heavy atom. The highest BCUT2D eigenvalue weighted by Gasteiger charge is 2.18. The minimum absolute atomic E-state index is 0.574. The van der Waals surface area contributed by atoms with Gasteiger partial charge in [-0.25, -0.2) is 9.97 Å². The van der Waals surface area contributed by atoms with Gasteiger partial charge >= 0.3 is 0 Å². The molecule has 2 aromatic rings. The molecule has 3 N–H and O–H groups in total. The molecule has 0 saturated carbocycles. The molecule has 22 heavy (non-hydrogen) atoms. The summed E-state index contributed by atoms with van der Waals surface area (Å²) >= 11 is 0. The molecule has 1 aromatic carbocycles. The van der Waals surface area contributed by atoms with Crippen LogP contribution in [0.5, 0.6) is 0 Å². The third kappa shape index (κ3) is 2.82. The lowest BCUT2D eigenvalue weighted by Gasteiger charge is -2.29. The third-order valence-corrected chi connectivity index (χ3v) is 4.03. The van der Waals surface area contributed by atoms with Crippen LogP contribution >= 0.6 is 0 Å². The molecule has 0 amide bonds. The second-order valence-electron chi connectivity index (χ2n) is 5.43. The molecular weight excluding hydrogens is 278 g/mol. The van der Waals surface area contributed by atoms with Crippen molar-refractivity contribution >= 4 is 23.0 Å². The normalized spacial score (nSPS) is 14.9. The number of nitrogens with two attached hydrogens (primary N) is 1. The molecule has 1 aliphatic heterocycles. The minimum Gasteiger partial charge on any atom is -0.393 e. The zero-order valence-electron chi connectivity index (χ0n) is 13.0. The lowest BCUT2D eigenvalue weighted by Crippen LogP contribution is -2.37. The molecule has 0 unspecified atom stereocenters. The zero-order chi connectivity index (χ0) is 15.5. The van der Waals surface area contributed by atoms with Crippen LogP contribution in [0.1, 0.15) is 11.1 Å². The summed E-state index contributed by atoms with van der Waals surface area (Å²) in [5.41, 5.74) is 10.3. The fourth-order valence-corrected chi connectivity index (χ4v) is 2.53. The van der Waals surface area contributed by atoms with Gasteiger partial charge in [0.25, 0.3) is 0 Å². The number of aryl methyl sites for hydroxylation is 1. The van der Waals surface area contributed by atoms with Crippen LogP contribution in [0.4, 0.5) is 23.0 Å². The van der Waals surface area contributed by atoms with Gasteiger partial charge in [-0.3, -0.25) is 0 Å². The van der Waals surface area contributed by atoms with Crippen molar-refractivity contribution in [2.75, 3.05) is 42.3 Å². The first-order valence-corrected chi connectivity index (χ1v) is 7.43. The molecule has 6 heteroatoms. The van der Waals surface area contributed by atoms with Crippen molar-refractivity contribution in [1.82, 2.24) is 9.97 Å². The van der Waals surface area contributed by atoms with Gasteiger partial charge in [-0.2, -0.15) is 0 Å². The zero-order valence-corrected chi connectivity index (χ0v) is 13.0. The van der Waals surface area contributed by atoms with E-state index in [0.29, 0.717) is 24.7 Å². The summed E-state index contributed by atoms with van der Waals surface area (Å²) in [6, 6.07) is 6.13. The quantitative estimate of drug-likeness (QED) is 0.905. The summed E-state index contributed by atoms with van der Waals surface area (Å²) in [7, 11) is 0. The maximum Gasteiger partial charge on any atom is 0.159 e. The fourth-order valence-electron chi connectivity index (χ4n) is 2.53. The third-order valence-electron chi connectivity index (χ3n) is 4.03. The highest BCUT2D eigenvalue weighted by atomic mass is 16.5. The monoisotopic (exact) mass is 299 g/mol. The van der Waals surface area contributed by atoms with Gasteiger partial charge < -0.3 is 20.7 Å². The highest BCUT2D eigenvalue weighted by Crippen LogP contribution is 2.30. The van der Waals surface area contributed by atoms with Gasteiger partial charge in [0.15, 0.2) is 11.6 Å². The van der Waals surface area contributed by atoms with Gasteiger partial charge in [0.05, 0.1) is 13.2 Å². The molecule has 1 saturated heterocycles. The second-order valence-corrected chi connectivity index (χ2v) is 5.43. The maximum atomic E-state index is 6.28. The van der Waals surface area contributed by atoms with E-state index in [0.717, 1.165) is 24.6 Å². The van der Waals surface area contributed by atoms with Crippen molar-refractivity contribution in [3.05, 3.63) is 35.7 Å². The molecule has 1 aromatic heterocycles. The number of benzene rings is 1. The molecule has 0 radical (unpaired) electrons. The topological polar surface area (TPSA) is 76.3 Å². The summed E-state index contributed by atoms with van der Waals surface area (Å²) in [5, 5.41) is 3.33. The fraction of sp³-hybridized carbons (Fsp3) is 0.375. The number of aromatic nitrogens is 2. The van der Waals surface area contributed by atoms with Crippen LogP contribution in [-0.2, 0) is 4.74 Å². The number of anilines is 4. The predicted molar refractivity (Wildman–Crippen MR) is 88.7 cm³/mol. The SMILES string of the molecule is Cc1cccc(Nc2ncnc(N3CCOCC3)c2N)c1C. The molecule has 116 valence electrons. The van der Waals surface area contributed by atoms with Crippen molar-refractivity contribution in [3.63, 3.8) is 0 Å². The molecule has 2 heterocycles. The first-order valence-electron chi connectivity index (χ1n) is 7.43. The van der Waals surface area contributed by atoms with Gasteiger partial charge in [0.2, 0.25) is 0 Å². The second kappa shape index (κ2) is 6.19. The smallest absolute Gasteiger partial charge is 0.159 e. The lowest BCUT2D eigenvalue weighted by atomic mass is 10.1. The van der Waals surface area contributed by atoms with Gasteiger partial charge in [-0.15, -0.1) is 0 Å². The maximum absolute atomic E-state index is 6.28. The number of nitrogen functional groups attached to an aromatic ring is 1. The molecule has 1 fully saturated rings. The van der Waals surface area contributed by atoms with Crippen molar-refractivity contribution in [2.24, 2.45) is 0 Å². The molecule has 0 aliphatic carbocycles. The Bertz CT molecular complexity index is 668. The van der Waals surface area contributed by atoms with Gasteiger partial charge in [-0.05, 0) is 31.0 Å². The van der Waals surface area contributed by atoms with E-state index in [1.807, 2.05) is 12.1 Å². The van der Waals surface area contributed by atoms with E-state index in [-0.39, 0.29) is 0 Å². The van der Waals surface area contributed by atoms with E-state index in [9.17, 15) is 0 Å². The van der Waals surface area contributed by atoms with E-state index in [4.69, 9.17) is 10.5 Å². The van der Waals surface area contributed by atoms with Crippen molar-refractivity contribution in [3.8, 4) is 0 Å². The number of hydrogen-bond acceptors (Lipinski definition) is 6. The van der Waals surface area contributed by atoms with Crippen LogP contribution in [-0.4, -0.2) is 36.3 Å². The molecule has 0 bridgehead atoms. The summed E-state index contributed by atoms with van der Waals surface area (Å²) in [5.74, 6) is 1.41. The Balaban J connectivity index is 1.89. The van der Waals surface area contributed by atoms with Gasteiger partial charge in [-0.1, -0.05) is 12.1 Å². The largest absolute Gasteiger partial charge is 0.393 e. The van der Waals surface area contributed by atoms with Crippen LogP contribution in [0.2, 0.25) is 0 Å². The molecule has 0 spiro atoms. The van der Waals surface area contributed by atoms with Gasteiger partial charge in [0, 0.05) is 18.8 Å². The van der Waals surface area contributed by atoms with Crippen LogP contribution < -0.4 is 16.0 Å². The van der Waals surface area contributed by atoms with Crippen molar-refractivity contribution in [2.45, 2.75) is 13.8 Å². The first kappa shape index (κ1) is 14.6. The number of hydrogen-bond donors (Lipinski definition) is 2. The van der Waals surface area contributed by atoms with Crippen molar-refractivity contribution < 1.29 is 4.74 Å². The Kier molecular flexibility index (Phi) is 4.11. The molecular formula is C16H21N5O. The summed E-state index contributed by atoms with van der Waals surface area (Å²) < 4.78 is 5.37. The predicted octanol–water partition coefficient (Wildman–Crippen LogP) is 2.26. The number of nitrogens with one attached hydrogen (secondary N) is 1. The summed E-state index contributed by atoms with van der Waals surface area (Å²) in [6.07, 6.45) is 1.55. The lowest BCUT2D eigenvalue weighted by molar-refractivity contribution is 0.122. The summed E-state index contributed by atoms with van der Waals surface area (Å²) in [6.45, 7) is 7.15. The highest BCUT2D eigenvalue weighted by molar-refractivity contribution is 5.79. The van der Waals surface area contributed by atoms with Crippen LogP contribution in [0.15, 0.2) is 24.5 Å². The number of ether oxygens (including phenoxy) is 1. The molecule has 0 atom stereocenters. The van der Waals surface area contributed by atoms with Crippen molar-refractivity contribution in [1.29, 1.82) is 0 Å². The Morgan fingerprint density at radius 3 is 2.73 bits per heavy atom. The number of rotatable bonds is 3. The number of morpholine rings is 1. The van der Waals surface area contributed by atoms with Gasteiger partial charge in [0.1, 0.15) is 12.0 Å².